The third-order valence-electron chi connectivity index (χ3n) is 2.36. The second kappa shape index (κ2) is 8.29. The van der Waals surface area contributed by atoms with E-state index in [-0.39, 0.29) is 19.6 Å². The van der Waals surface area contributed by atoms with Crippen molar-refractivity contribution in [3.05, 3.63) is 12.7 Å². The number of esters is 2. The molecule has 1 N–H and O–H groups in total. The molecule has 0 saturated heterocycles. The van der Waals surface area contributed by atoms with E-state index in [1.807, 2.05) is 0 Å². The van der Waals surface area contributed by atoms with Crippen LogP contribution in [-0.2, 0) is 23.9 Å². The van der Waals surface area contributed by atoms with Gasteiger partial charge < -0.3 is 14.8 Å². The van der Waals surface area contributed by atoms with Crippen LogP contribution in [0.5, 0.6) is 0 Å². The second-order valence-corrected chi connectivity index (χ2v) is 3.85. The highest BCUT2D eigenvalue weighted by Gasteiger charge is 2.49. The van der Waals surface area contributed by atoms with E-state index < -0.39 is 23.4 Å². The zero-order valence-electron chi connectivity index (χ0n) is 11.7. The lowest BCUT2D eigenvalue weighted by atomic mass is 9.93. The molecule has 6 nitrogen and oxygen atoms in total. The van der Waals surface area contributed by atoms with Crippen LogP contribution in [0.2, 0.25) is 0 Å². The minimum Gasteiger partial charge on any atom is -0.464 e. The van der Waals surface area contributed by atoms with Gasteiger partial charge in [-0.1, -0.05) is 6.08 Å². The van der Waals surface area contributed by atoms with Gasteiger partial charge in [-0.2, -0.15) is 0 Å². The van der Waals surface area contributed by atoms with E-state index in [1.54, 1.807) is 19.9 Å². The van der Waals surface area contributed by atoms with Crippen LogP contribution in [0.15, 0.2) is 12.7 Å². The number of hydrogen-bond donors (Lipinski definition) is 1. The first-order valence-corrected chi connectivity index (χ1v) is 6.18. The molecule has 1 amide bonds. The smallest absolute Gasteiger partial charge is 0.343 e. The lowest BCUT2D eigenvalue weighted by Crippen LogP contribution is -2.61. The number of allylic oxidation sites excluding steroid dienone is 1. The third-order valence-corrected chi connectivity index (χ3v) is 2.36. The Hall–Kier alpha value is -1.85. The summed E-state index contributed by atoms with van der Waals surface area (Å²) in [5.41, 5.74) is -1.80. The number of rotatable bonds is 8. The number of hydrogen-bond acceptors (Lipinski definition) is 5. The van der Waals surface area contributed by atoms with Crippen LogP contribution >= 0.6 is 0 Å². The van der Waals surface area contributed by atoms with Crippen LogP contribution in [0.25, 0.3) is 0 Å². The van der Waals surface area contributed by atoms with Gasteiger partial charge in [0.05, 0.1) is 13.2 Å². The summed E-state index contributed by atoms with van der Waals surface area (Å²) in [6.45, 7) is 8.21. The molecule has 0 bridgehead atoms. The monoisotopic (exact) mass is 271 g/mol. The Morgan fingerprint density at radius 2 is 1.63 bits per heavy atom. The molecule has 0 spiro atoms. The lowest BCUT2D eigenvalue weighted by Gasteiger charge is -2.29. The molecule has 0 rings (SSSR count). The van der Waals surface area contributed by atoms with Crippen molar-refractivity contribution in [1.29, 1.82) is 0 Å². The van der Waals surface area contributed by atoms with E-state index in [0.29, 0.717) is 6.42 Å². The van der Waals surface area contributed by atoms with Crippen LogP contribution in [0, 0.1) is 0 Å². The minimum absolute atomic E-state index is 0.0494. The number of ether oxygens (including phenoxy) is 2. The van der Waals surface area contributed by atoms with Gasteiger partial charge in [-0.25, -0.2) is 9.59 Å². The number of carbonyl (C=O) groups is 3. The maximum Gasteiger partial charge on any atom is 0.343 e. The summed E-state index contributed by atoms with van der Waals surface area (Å²) in [6, 6.07) is 0. The molecule has 0 aliphatic rings. The quantitative estimate of drug-likeness (QED) is 0.404. The van der Waals surface area contributed by atoms with Crippen LogP contribution < -0.4 is 5.32 Å². The predicted molar refractivity (Wildman–Crippen MR) is 69.2 cm³/mol. The number of amides is 1. The summed E-state index contributed by atoms with van der Waals surface area (Å²) < 4.78 is 9.77. The predicted octanol–water partition coefficient (Wildman–Crippen LogP) is 0.954. The highest BCUT2D eigenvalue weighted by atomic mass is 16.6. The molecule has 19 heavy (non-hydrogen) atoms. The van der Waals surface area contributed by atoms with E-state index in [4.69, 9.17) is 9.47 Å². The Balaban J connectivity index is 5.40. The molecule has 0 aromatic carbocycles. The van der Waals surface area contributed by atoms with Crippen LogP contribution in [0.3, 0.4) is 0 Å². The molecular formula is C13H21NO5. The Kier molecular flexibility index (Phi) is 7.48. The van der Waals surface area contributed by atoms with Gasteiger partial charge in [0.15, 0.2) is 0 Å². The first-order chi connectivity index (χ1) is 8.94. The van der Waals surface area contributed by atoms with Gasteiger partial charge in [-0.05, 0) is 26.7 Å². The molecule has 0 aliphatic heterocycles. The Labute approximate surface area is 113 Å². The summed E-state index contributed by atoms with van der Waals surface area (Å²) in [6.07, 6.45) is 1.96. The van der Waals surface area contributed by atoms with Crippen molar-refractivity contribution in [1.82, 2.24) is 5.32 Å². The first kappa shape index (κ1) is 17.2. The van der Waals surface area contributed by atoms with E-state index in [9.17, 15) is 14.4 Å². The molecule has 0 heterocycles. The summed E-state index contributed by atoms with van der Waals surface area (Å²) in [5, 5.41) is 2.36. The number of carbonyl (C=O) groups excluding carboxylic acids is 3. The van der Waals surface area contributed by atoms with Gasteiger partial charge >= 0.3 is 11.9 Å². The van der Waals surface area contributed by atoms with Crippen molar-refractivity contribution in [2.24, 2.45) is 0 Å². The topological polar surface area (TPSA) is 81.7 Å². The summed E-state index contributed by atoms with van der Waals surface area (Å²) in [5.74, 6) is -2.14. The molecule has 0 aliphatic carbocycles. The highest BCUT2D eigenvalue weighted by molar-refractivity contribution is 6.07. The molecular weight excluding hydrogens is 250 g/mol. The molecule has 108 valence electrons. The van der Waals surface area contributed by atoms with Gasteiger partial charge in [-0.3, -0.25) is 4.79 Å². The summed E-state index contributed by atoms with van der Waals surface area (Å²) in [4.78, 5) is 35.4. The fourth-order valence-corrected chi connectivity index (χ4v) is 1.58. The minimum atomic E-state index is -1.80. The number of nitrogens with one attached hydrogen (secondary N) is 1. The Morgan fingerprint density at radius 3 is 1.95 bits per heavy atom. The fourth-order valence-electron chi connectivity index (χ4n) is 1.58. The third kappa shape index (κ3) is 4.73. The van der Waals surface area contributed by atoms with Crippen molar-refractivity contribution < 1.29 is 23.9 Å². The van der Waals surface area contributed by atoms with Crippen molar-refractivity contribution in [2.45, 2.75) is 39.2 Å². The summed E-state index contributed by atoms with van der Waals surface area (Å²) in [7, 11) is 0. The summed E-state index contributed by atoms with van der Waals surface area (Å²) >= 11 is 0. The Morgan fingerprint density at radius 1 is 1.16 bits per heavy atom. The van der Waals surface area contributed by atoms with E-state index in [2.05, 4.69) is 11.9 Å². The second-order valence-electron chi connectivity index (χ2n) is 3.85. The lowest BCUT2D eigenvalue weighted by molar-refractivity contribution is -0.168. The average molecular weight is 271 g/mol. The van der Waals surface area contributed by atoms with Crippen LogP contribution in [0.1, 0.15) is 33.6 Å². The molecule has 0 unspecified atom stereocenters. The maximum atomic E-state index is 12.1. The standard InChI is InChI=1S/C13H21NO5/c1-5-8-9-13(14-10(4)15,11(16)18-6-2)12(17)19-7-3/h5H,1,6-9H2,2-4H3,(H,14,15). The van der Waals surface area contributed by atoms with Crippen LogP contribution in [-0.4, -0.2) is 36.6 Å². The molecule has 6 heteroatoms. The molecule has 0 fully saturated rings. The molecule has 0 saturated carbocycles. The van der Waals surface area contributed by atoms with Crippen molar-refractivity contribution in [3.8, 4) is 0 Å². The van der Waals surface area contributed by atoms with Gasteiger partial charge in [0, 0.05) is 6.92 Å². The van der Waals surface area contributed by atoms with Gasteiger partial charge in [0.2, 0.25) is 11.4 Å². The SMILES string of the molecule is C=CCCC(NC(C)=O)(C(=O)OCC)C(=O)OCC. The largest absolute Gasteiger partial charge is 0.464 e. The van der Waals surface area contributed by atoms with Gasteiger partial charge in [0.25, 0.3) is 0 Å². The maximum absolute atomic E-state index is 12.1. The van der Waals surface area contributed by atoms with Gasteiger partial charge in [-0.15, -0.1) is 6.58 Å². The Bertz CT molecular complexity index is 333. The highest BCUT2D eigenvalue weighted by Crippen LogP contribution is 2.18. The van der Waals surface area contributed by atoms with Gasteiger partial charge in [0.1, 0.15) is 0 Å². The molecule has 0 atom stereocenters. The first-order valence-electron chi connectivity index (χ1n) is 6.18. The zero-order chi connectivity index (χ0) is 14.9. The van der Waals surface area contributed by atoms with E-state index >= 15 is 0 Å². The molecule has 0 aromatic heterocycles. The van der Waals surface area contributed by atoms with E-state index in [0.717, 1.165) is 0 Å². The molecule has 0 radical (unpaired) electrons. The van der Waals surface area contributed by atoms with Crippen molar-refractivity contribution in [3.63, 3.8) is 0 Å². The zero-order valence-corrected chi connectivity index (χ0v) is 11.7. The van der Waals surface area contributed by atoms with E-state index in [1.165, 1.54) is 6.92 Å². The van der Waals surface area contributed by atoms with Crippen molar-refractivity contribution >= 4 is 17.8 Å². The van der Waals surface area contributed by atoms with Crippen LogP contribution in [0.4, 0.5) is 0 Å². The average Bonchev–Trinajstić information content (AvgIpc) is 2.34. The molecule has 0 aromatic rings. The normalized spacial score (nSPS) is 10.5. The van der Waals surface area contributed by atoms with Crippen molar-refractivity contribution in [2.75, 3.05) is 13.2 Å². The fraction of sp³-hybridized carbons (Fsp3) is 0.615.